The van der Waals surface area contributed by atoms with Crippen molar-refractivity contribution in [1.82, 2.24) is 0 Å². The molecule has 0 amide bonds. The molecule has 1 aromatic rings. The van der Waals surface area contributed by atoms with E-state index < -0.39 is 0 Å². The minimum atomic E-state index is -0.00696. The van der Waals surface area contributed by atoms with Crippen LogP contribution in [-0.4, -0.2) is 37.9 Å². The maximum absolute atomic E-state index is 5.93. The van der Waals surface area contributed by atoms with Gasteiger partial charge in [0.25, 0.3) is 0 Å². The van der Waals surface area contributed by atoms with Gasteiger partial charge in [0.2, 0.25) is 0 Å². The summed E-state index contributed by atoms with van der Waals surface area (Å²) in [7, 11) is 0. The Morgan fingerprint density at radius 3 is 2.56 bits per heavy atom. The molecule has 1 unspecified atom stereocenters. The molecule has 1 saturated heterocycles. The Kier molecular flexibility index (Phi) is 6.73. The van der Waals surface area contributed by atoms with Crippen LogP contribution in [-0.2, 0) is 11.2 Å². The van der Waals surface area contributed by atoms with E-state index in [1.54, 1.807) is 5.56 Å². The molecule has 1 aromatic carbocycles. The fourth-order valence-electron chi connectivity index (χ4n) is 4.50. The van der Waals surface area contributed by atoms with Crippen molar-refractivity contribution in [1.29, 1.82) is 0 Å². The summed E-state index contributed by atoms with van der Waals surface area (Å²) in [5, 5.41) is 0. The van der Waals surface area contributed by atoms with E-state index in [1.165, 1.54) is 69.5 Å². The van der Waals surface area contributed by atoms with Crippen LogP contribution >= 0.6 is 0 Å². The number of anilines is 2. The summed E-state index contributed by atoms with van der Waals surface area (Å²) < 4.78 is 5.93. The van der Waals surface area contributed by atoms with Gasteiger partial charge < -0.3 is 14.5 Å². The third-order valence-corrected chi connectivity index (χ3v) is 6.38. The van der Waals surface area contributed by atoms with E-state index in [4.69, 9.17) is 4.74 Å². The standard InChI is InChI=1S/C24H40N2O/c1-6-19(2)26-14-7-8-21-18-22(9-10-23(21)26)25-15-11-20(12-16-25)13-17-27-24(3,4)5/h9-10,18-20H,6-8,11-17H2,1-5H3. The second-order valence-corrected chi connectivity index (χ2v) is 9.55. The highest BCUT2D eigenvalue weighted by atomic mass is 16.5. The molecular weight excluding hydrogens is 332 g/mol. The van der Waals surface area contributed by atoms with Crippen LogP contribution in [0.5, 0.6) is 0 Å². The lowest BCUT2D eigenvalue weighted by Crippen LogP contribution is -2.37. The Labute approximate surface area is 167 Å². The van der Waals surface area contributed by atoms with Crippen LogP contribution in [0.2, 0.25) is 0 Å². The summed E-state index contributed by atoms with van der Waals surface area (Å²) in [5.74, 6) is 0.821. The number of rotatable bonds is 6. The molecule has 3 rings (SSSR count). The van der Waals surface area contributed by atoms with Gasteiger partial charge in [-0.15, -0.1) is 0 Å². The third-order valence-electron chi connectivity index (χ3n) is 6.38. The summed E-state index contributed by atoms with van der Waals surface area (Å²) in [5.41, 5.74) is 4.46. The topological polar surface area (TPSA) is 15.7 Å². The summed E-state index contributed by atoms with van der Waals surface area (Å²) >= 11 is 0. The van der Waals surface area contributed by atoms with E-state index in [2.05, 4.69) is 62.6 Å². The van der Waals surface area contributed by atoms with Crippen molar-refractivity contribution < 1.29 is 4.74 Å². The van der Waals surface area contributed by atoms with Crippen molar-refractivity contribution in [3.63, 3.8) is 0 Å². The Morgan fingerprint density at radius 1 is 1.15 bits per heavy atom. The first-order valence-corrected chi connectivity index (χ1v) is 11.2. The minimum absolute atomic E-state index is 0.00696. The molecule has 0 N–H and O–H groups in total. The number of aryl methyl sites for hydroxylation is 1. The van der Waals surface area contributed by atoms with Crippen molar-refractivity contribution >= 4 is 11.4 Å². The van der Waals surface area contributed by atoms with Crippen LogP contribution in [0.3, 0.4) is 0 Å². The molecule has 0 radical (unpaired) electrons. The zero-order valence-electron chi connectivity index (χ0n) is 18.3. The summed E-state index contributed by atoms with van der Waals surface area (Å²) in [6, 6.07) is 7.87. The smallest absolute Gasteiger partial charge is 0.0598 e. The van der Waals surface area contributed by atoms with Gasteiger partial charge in [-0.2, -0.15) is 0 Å². The molecule has 1 fully saturated rings. The lowest BCUT2D eigenvalue weighted by molar-refractivity contribution is -0.0103. The van der Waals surface area contributed by atoms with Gasteiger partial charge in [0.05, 0.1) is 5.60 Å². The Morgan fingerprint density at radius 2 is 1.89 bits per heavy atom. The molecular formula is C24H40N2O. The Hall–Kier alpha value is -1.22. The van der Waals surface area contributed by atoms with E-state index in [0.29, 0.717) is 6.04 Å². The molecule has 2 aliphatic heterocycles. The molecule has 0 bridgehead atoms. The van der Waals surface area contributed by atoms with E-state index in [1.807, 2.05) is 0 Å². The summed E-state index contributed by atoms with van der Waals surface area (Å²) in [4.78, 5) is 5.22. The van der Waals surface area contributed by atoms with Crippen molar-refractivity contribution in [2.45, 2.75) is 84.8 Å². The Bertz CT molecular complexity index is 599. The first kappa shape index (κ1) is 20.5. The first-order chi connectivity index (χ1) is 12.9. The zero-order valence-corrected chi connectivity index (χ0v) is 18.3. The van der Waals surface area contributed by atoms with E-state index in [-0.39, 0.29) is 5.60 Å². The molecule has 0 aliphatic carbocycles. The summed E-state index contributed by atoms with van der Waals surface area (Å²) in [6.45, 7) is 15.6. The fourth-order valence-corrected chi connectivity index (χ4v) is 4.50. The minimum Gasteiger partial charge on any atom is -0.376 e. The van der Waals surface area contributed by atoms with Gasteiger partial charge in [-0.25, -0.2) is 0 Å². The molecule has 2 aliphatic rings. The highest BCUT2D eigenvalue weighted by molar-refractivity contribution is 5.63. The molecule has 0 saturated carbocycles. The van der Waals surface area contributed by atoms with E-state index >= 15 is 0 Å². The molecule has 3 heteroatoms. The quantitative estimate of drug-likeness (QED) is 0.641. The van der Waals surface area contributed by atoms with Crippen molar-refractivity contribution in [3.05, 3.63) is 23.8 Å². The highest BCUT2D eigenvalue weighted by Crippen LogP contribution is 2.34. The molecule has 152 valence electrons. The molecule has 0 aromatic heterocycles. The van der Waals surface area contributed by atoms with Crippen LogP contribution < -0.4 is 9.80 Å². The maximum atomic E-state index is 5.93. The largest absolute Gasteiger partial charge is 0.376 e. The second-order valence-electron chi connectivity index (χ2n) is 9.55. The SMILES string of the molecule is CCC(C)N1CCCc2cc(N3CCC(CCOC(C)(C)C)CC3)ccc21. The predicted molar refractivity (Wildman–Crippen MR) is 117 cm³/mol. The van der Waals surface area contributed by atoms with Gasteiger partial charge >= 0.3 is 0 Å². The maximum Gasteiger partial charge on any atom is 0.0598 e. The van der Waals surface area contributed by atoms with Gasteiger partial charge in [0.1, 0.15) is 0 Å². The normalized spacial score (nSPS) is 19.9. The lowest BCUT2D eigenvalue weighted by Gasteiger charge is -2.38. The summed E-state index contributed by atoms with van der Waals surface area (Å²) in [6.07, 6.45) is 7.54. The van der Waals surface area contributed by atoms with Crippen LogP contribution in [0.15, 0.2) is 18.2 Å². The number of piperidine rings is 1. The Balaban J connectivity index is 1.56. The molecule has 1 atom stereocenters. The number of benzene rings is 1. The number of ether oxygens (including phenoxy) is 1. The number of fused-ring (bicyclic) bond motifs is 1. The van der Waals surface area contributed by atoms with E-state index in [0.717, 1.165) is 12.5 Å². The first-order valence-electron chi connectivity index (χ1n) is 11.2. The fraction of sp³-hybridized carbons (Fsp3) is 0.750. The van der Waals surface area contributed by atoms with Crippen LogP contribution in [0.1, 0.15) is 72.3 Å². The van der Waals surface area contributed by atoms with Gasteiger partial charge in [-0.05, 0) is 95.9 Å². The van der Waals surface area contributed by atoms with Crippen LogP contribution in [0, 0.1) is 5.92 Å². The number of nitrogens with zero attached hydrogens (tertiary/aromatic N) is 2. The molecule has 2 heterocycles. The number of hydrogen-bond acceptors (Lipinski definition) is 3. The molecule has 3 nitrogen and oxygen atoms in total. The lowest BCUT2D eigenvalue weighted by atomic mass is 9.93. The average molecular weight is 373 g/mol. The van der Waals surface area contributed by atoms with Gasteiger partial charge in [-0.3, -0.25) is 0 Å². The van der Waals surface area contributed by atoms with Crippen molar-refractivity contribution in [3.8, 4) is 0 Å². The zero-order chi connectivity index (χ0) is 19.4. The van der Waals surface area contributed by atoms with Gasteiger partial charge in [0, 0.05) is 43.7 Å². The van der Waals surface area contributed by atoms with Crippen molar-refractivity contribution in [2.24, 2.45) is 5.92 Å². The van der Waals surface area contributed by atoms with E-state index in [9.17, 15) is 0 Å². The molecule has 27 heavy (non-hydrogen) atoms. The monoisotopic (exact) mass is 372 g/mol. The highest BCUT2D eigenvalue weighted by Gasteiger charge is 2.24. The predicted octanol–water partition coefficient (Wildman–Crippen LogP) is 5.66. The number of hydrogen-bond donors (Lipinski definition) is 0. The second kappa shape index (κ2) is 8.86. The van der Waals surface area contributed by atoms with Crippen LogP contribution in [0.25, 0.3) is 0 Å². The van der Waals surface area contributed by atoms with Gasteiger partial charge in [0.15, 0.2) is 0 Å². The average Bonchev–Trinajstić information content (AvgIpc) is 2.66. The van der Waals surface area contributed by atoms with Gasteiger partial charge in [-0.1, -0.05) is 6.92 Å². The molecule has 0 spiro atoms. The third kappa shape index (κ3) is 5.40. The van der Waals surface area contributed by atoms with Crippen molar-refractivity contribution in [2.75, 3.05) is 36.0 Å². The van der Waals surface area contributed by atoms with Crippen LogP contribution in [0.4, 0.5) is 11.4 Å².